The van der Waals surface area contributed by atoms with Crippen LogP contribution in [0, 0.1) is 22.7 Å². The number of aromatic hydroxyl groups is 1. The number of hydrogen-bond donors (Lipinski definition) is 1. The van der Waals surface area contributed by atoms with Gasteiger partial charge in [0.2, 0.25) is 5.88 Å². The van der Waals surface area contributed by atoms with E-state index >= 15 is 0 Å². The Balaban J connectivity index is 2.15. The molecule has 10 heteroatoms. The summed E-state index contributed by atoms with van der Waals surface area (Å²) < 4.78 is 17.1. The molecule has 2 heterocycles. The molecule has 0 amide bonds. The summed E-state index contributed by atoms with van der Waals surface area (Å²) in [5, 5.41) is 37.9. The lowest BCUT2D eigenvalue weighted by Gasteiger charge is -2.17. The van der Waals surface area contributed by atoms with Gasteiger partial charge in [-0.1, -0.05) is 6.92 Å². The average Bonchev–Trinajstić information content (AvgIpc) is 3.33. The second kappa shape index (κ2) is 9.94. The molecule has 0 aliphatic carbocycles. The summed E-state index contributed by atoms with van der Waals surface area (Å²) in [5.41, 5.74) is -0.0735. The van der Waals surface area contributed by atoms with Crippen molar-refractivity contribution in [2.24, 2.45) is 10.2 Å². The smallest absolute Gasteiger partial charge is 0.281 e. The zero-order valence-electron chi connectivity index (χ0n) is 18.1. The zero-order chi connectivity index (χ0) is 23.3. The summed E-state index contributed by atoms with van der Waals surface area (Å²) >= 11 is 0. The monoisotopic (exact) mass is 437 g/mol. The van der Waals surface area contributed by atoms with Crippen molar-refractivity contribution in [3.63, 3.8) is 0 Å². The number of rotatable bonds is 7. The maximum absolute atomic E-state index is 13.2. The van der Waals surface area contributed by atoms with E-state index in [1.165, 1.54) is 26.4 Å². The first-order valence-electron chi connectivity index (χ1n) is 10.1. The largest absolute Gasteiger partial charge is 0.493 e. The third kappa shape index (κ3) is 4.27. The Bertz CT molecular complexity index is 1180. The third-order valence-corrected chi connectivity index (χ3v) is 5.27. The van der Waals surface area contributed by atoms with E-state index in [1.54, 1.807) is 6.92 Å². The lowest BCUT2D eigenvalue weighted by molar-refractivity contribution is 0.0939. The molecule has 1 N–H and O–H groups in total. The van der Waals surface area contributed by atoms with Crippen LogP contribution in [0.3, 0.4) is 0 Å². The van der Waals surface area contributed by atoms with Gasteiger partial charge in [-0.3, -0.25) is 9.36 Å². The third-order valence-electron chi connectivity index (χ3n) is 5.27. The van der Waals surface area contributed by atoms with Gasteiger partial charge < -0.3 is 19.3 Å². The number of nitriles is 2. The summed E-state index contributed by atoms with van der Waals surface area (Å²) in [6.07, 6.45) is 1.65. The van der Waals surface area contributed by atoms with Gasteiger partial charge in [-0.05, 0) is 19.3 Å². The van der Waals surface area contributed by atoms with E-state index in [0.717, 1.165) is 17.4 Å². The van der Waals surface area contributed by atoms with Crippen LogP contribution < -0.4 is 15.0 Å². The van der Waals surface area contributed by atoms with Gasteiger partial charge in [0.25, 0.3) is 5.56 Å². The molecule has 1 fully saturated rings. The molecule has 1 saturated heterocycles. The molecule has 1 unspecified atom stereocenters. The Hall–Kier alpha value is -3.89. The molecular formula is C22H23N5O5. The van der Waals surface area contributed by atoms with Crippen molar-refractivity contribution in [2.45, 2.75) is 38.8 Å². The molecule has 2 aromatic rings. The highest BCUT2D eigenvalue weighted by Crippen LogP contribution is 2.36. The molecule has 1 aliphatic rings. The second-order valence-corrected chi connectivity index (χ2v) is 7.08. The highest BCUT2D eigenvalue weighted by Gasteiger charge is 2.24. The highest BCUT2D eigenvalue weighted by atomic mass is 16.5. The van der Waals surface area contributed by atoms with Crippen molar-refractivity contribution in [3.05, 3.63) is 39.2 Å². The quantitative estimate of drug-likeness (QED) is 0.653. The molecule has 1 aromatic heterocycles. The second-order valence-electron chi connectivity index (χ2n) is 7.08. The van der Waals surface area contributed by atoms with Gasteiger partial charge in [0, 0.05) is 24.3 Å². The Morgan fingerprint density at radius 2 is 1.94 bits per heavy atom. The van der Waals surface area contributed by atoms with Gasteiger partial charge >= 0.3 is 0 Å². The van der Waals surface area contributed by atoms with E-state index in [0.29, 0.717) is 18.1 Å². The molecule has 1 aliphatic heterocycles. The molecule has 0 spiro atoms. The van der Waals surface area contributed by atoms with E-state index < -0.39 is 11.4 Å². The number of pyridine rings is 1. The van der Waals surface area contributed by atoms with Crippen molar-refractivity contribution in [3.8, 4) is 29.5 Å². The van der Waals surface area contributed by atoms with Gasteiger partial charge in [0.15, 0.2) is 17.2 Å². The molecule has 1 atom stereocenters. The van der Waals surface area contributed by atoms with Gasteiger partial charge in [-0.15, -0.1) is 10.2 Å². The Labute approximate surface area is 184 Å². The van der Waals surface area contributed by atoms with Gasteiger partial charge in [-0.2, -0.15) is 10.5 Å². The van der Waals surface area contributed by atoms with Crippen molar-refractivity contribution in [1.29, 1.82) is 10.5 Å². The minimum absolute atomic E-state index is 0.0353. The van der Waals surface area contributed by atoms with E-state index in [9.17, 15) is 20.4 Å². The number of benzene rings is 1. The number of hydrogen-bond acceptors (Lipinski definition) is 9. The molecular weight excluding hydrogens is 414 g/mol. The minimum atomic E-state index is -0.586. The molecule has 0 saturated carbocycles. The predicted molar refractivity (Wildman–Crippen MR) is 114 cm³/mol. The van der Waals surface area contributed by atoms with Crippen molar-refractivity contribution >= 4 is 11.4 Å². The number of azo groups is 1. The molecule has 0 bridgehead atoms. The summed E-state index contributed by atoms with van der Waals surface area (Å²) in [7, 11) is 2.90. The molecule has 32 heavy (non-hydrogen) atoms. The van der Waals surface area contributed by atoms with Crippen LogP contribution in [-0.4, -0.2) is 36.6 Å². The first kappa shape index (κ1) is 22.8. The number of aromatic nitrogens is 1. The van der Waals surface area contributed by atoms with Crippen LogP contribution in [0.5, 0.6) is 17.4 Å². The first-order valence-corrected chi connectivity index (χ1v) is 10.1. The lowest BCUT2D eigenvalue weighted by Crippen LogP contribution is -2.27. The zero-order valence-corrected chi connectivity index (χ0v) is 18.1. The fourth-order valence-corrected chi connectivity index (χ4v) is 3.61. The van der Waals surface area contributed by atoms with Crippen LogP contribution in [0.25, 0.3) is 0 Å². The predicted octanol–water partition coefficient (Wildman–Crippen LogP) is 3.47. The number of nitrogens with zero attached hydrogens (tertiary/aromatic N) is 5. The molecule has 166 valence electrons. The van der Waals surface area contributed by atoms with E-state index in [2.05, 4.69) is 10.2 Å². The van der Waals surface area contributed by atoms with Crippen molar-refractivity contribution in [2.75, 3.05) is 20.8 Å². The Morgan fingerprint density at radius 3 is 2.50 bits per heavy atom. The van der Waals surface area contributed by atoms with E-state index in [1.807, 2.05) is 12.1 Å². The summed E-state index contributed by atoms with van der Waals surface area (Å²) in [4.78, 5) is 13.2. The molecule has 1 aromatic carbocycles. The van der Waals surface area contributed by atoms with Crippen molar-refractivity contribution in [1.82, 2.24) is 4.57 Å². The Morgan fingerprint density at radius 1 is 1.22 bits per heavy atom. The number of methoxy groups -OCH3 is 2. The summed E-state index contributed by atoms with van der Waals surface area (Å²) in [6.45, 7) is 2.43. The maximum atomic E-state index is 13.2. The first-order chi connectivity index (χ1) is 15.5. The standard InChI is InChI=1S/C22H23N5O5/c1-4-15-16(11-24)21(28)27(12-14-6-5-7-32-14)22(29)20(15)26-25-17-9-19(31-3)18(30-2)8-13(17)10-23/h8-9,14,28H,4-7,12H2,1-3H3. The summed E-state index contributed by atoms with van der Waals surface area (Å²) in [5.74, 6) is 0.288. The van der Waals surface area contributed by atoms with E-state index in [4.69, 9.17) is 14.2 Å². The van der Waals surface area contributed by atoms with Crippen LogP contribution in [0.4, 0.5) is 11.4 Å². The van der Waals surface area contributed by atoms with E-state index in [-0.39, 0.29) is 47.1 Å². The number of ether oxygens (including phenoxy) is 3. The van der Waals surface area contributed by atoms with Crippen molar-refractivity contribution < 1.29 is 19.3 Å². The van der Waals surface area contributed by atoms with Gasteiger partial charge in [0.05, 0.1) is 32.4 Å². The lowest BCUT2D eigenvalue weighted by atomic mass is 10.1. The Kier molecular flexibility index (Phi) is 7.08. The average molecular weight is 437 g/mol. The van der Waals surface area contributed by atoms with Crippen LogP contribution >= 0.6 is 0 Å². The highest BCUT2D eigenvalue weighted by molar-refractivity contribution is 5.62. The SMILES string of the molecule is CCc1c(C#N)c(O)n(CC2CCCO2)c(=O)c1N=Nc1cc(OC)c(OC)cc1C#N. The fraction of sp³-hybridized carbons (Fsp3) is 0.409. The maximum Gasteiger partial charge on any atom is 0.281 e. The molecule has 0 radical (unpaired) electrons. The van der Waals surface area contributed by atoms with Crippen LogP contribution in [0.2, 0.25) is 0 Å². The van der Waals surface area contributed by atoms with Gasteiger partial charge in [-0.25, -0.2) is 0 Å². The van der Waals surface area contributed by atoms with Crippen LogP contribution in [0.15, 0.2) is 27.2 Å². The molecule has 3 rings (SSSR count). The van der Waals surface area contributed by atoms with Crippen LogP contribution in [0.1, 0.15) is 36.5 Å². The van der Waals surface area contributed by atoms with Gasteiger partial charge in [0.1, 0.15) is 23.4 Å². The van der Waals surface area contributed by atoms with Crippen LogP contribution in [-0.2, 0) is 17.7 Å². The minimum Gasteiger partial charge on any atom is -0.493 e. The fourth-order valence-electron chi connectivity index (χ4n) is 3.61. The molecule has 10 nitrogen and oxygen atoms in total. The topological polar surface area (TPSA) is 142 Å². The summed E-state index contributed by atoms with van der Waals surface area (Å²) in [6, 6.07) is 6.91. The normalized spacial score (nSPS) is 15.5.